The lowest BCUT2D eigenvalue weighted by atomic mass is 10.2. The van der Waals surface area contributed by atoms with Crippen molar-refractivity contribution in [3.63, 3.8) is 0 Å². The van der Waals surface area contributed by atoms with Gasteiger partial charge in [0.2, 0.25) is 0 Å². The molecule has 82 valence electrons. The maximum absolute atomic E-state index is 10.7. The van der Waals surface area contributed by atoms with E-state index >= 15 is 0 Å². The van der Waals surface area contributed by atoms with Crippen LogP contribution in [0.3, 0.4) is 0 Å². The Morgan fingerprint density at radius 2 is 2.27 bits per heavy atom. The number of nitrogens with zero attached hydrogens (tertiary/aromatic N) is 1. The lowest BCUT2D eigenvalue weighted by molar-refractivity contribution is -0.385. The molecule has 0 atom stereocenters. The van der Waals surface area contributed by atoms with Crippen molar-refractivity contribution < 1.29 is 4.92 Å². The molecule has 0 aliphatic rings. The molecule has 0 saturated carbocycles. The number of nitrogens with two attached hydrogens (primary N) is 1. The van der Waals surface area contributed by atoms with E-state index in [1.165, 1.54) is 16.9 Å². The number of rotatable bonds is 5. The smallest absolute Gasteiger partial charge is 0.275 e. The van der Waals surface area contributed by atoms with Crippen LogP contribution in [-0.2, 0) is 6.54 Å². The molecule has 1 rings (SSSR count). The molecule has 0 aromatic heterocycles. The summed E-state index contributed by atoms with van der Waals surface area (Å²) in [5.41, 5.74) is 6.26. The van der Waals surface area contributed by atoms with Gasteiger partial charge < -0.3 is 5.73 Å². The maximum atomic E-state index is 10.7. The summed E-state index contributed by atoms with van der Waals surface area (Å²) in [6, 6.07) is 5.04. The van der Waals surface area contributed by atoms with E-state index in [1.807, 2.05) is 13.0 Å². The van der Waals surface area contributed by atoms with E-state index in [0.29, 0.717) is 5.56 Å². The van der Waals surface area contributed by atoms with E-state index < -0.39 is 0 Å². The topological polar surface area (TPSA) is 69.2 Å². The summed E-state index contributed by atoms with van der Waals surface area (Å²) in [5.74, 6) is 0.956. The second-order valence-electron chi connectivity index (χ2n) is 2.70. The molecule has 0 radical (unpaired) electrons. The molecular weight excluding hydrogens is 232 g/mol. The van der Waals surface area contributed by atoms with Gasteiger partial charge in [-0.15, -0.1) is 0 Å². The highest BCUT2D eigenvalue weighted by Crippen LogP contribution is 2.36. The quantitative estimate of drug-likeness (QED) is 0.490. The van der Waals surface area contributed by atoms with Crippen molar-refractivity contribution in [3.05, 3.63) is 33.9 Å². The molecule has 0 amide bonds. The fourth-order valence-corrected chi connectivity index (χ4v) is 3.00. The number of benzene rings is 1. The molecule has 0 aliphatic carbocycles. The molecule has 1 aromatic carbocycles. The number of nitro benzene ring substituents is 1. The van der Waals surface area contributed by atoms with Crippen molar-refractivity contribution >= 4 is 27.3 Å². The molecular formula is C9H12N2O2S2. The second-order valence-corrected chi connectivity index (χ2v) is 5.33. The van der Waals surface area contributed by atoms with E-state index in [9.17, 15) is 10.1 Å². The van der Waals surface area contributed by atoms with Crippen molar-refractivity contribution in [2.75, 3.05) is 5.75 Å². The van der Waals surface area contributed by atoms with Crippen LogP contribution in [0.5, 0.6) is 0 Å². The van der Waals surface area contributed by atoms with Crippen LogP contribution in [0, 0.1) is 10.1 Å². The van der Waals surface area contributed by atoms with Gasteiger partial charge in [-0.3, -0.25) is 10.1 Å². The monoisotopic (exact) mass is 244 g/mol. The molecule has 4 nitrogen and oxygen atoms in total. The van der Waals surface area contributed by atoms with E-state index in [1.54, 1.807) is 16.9 Å². The SMILES string of the molecule is CCSSc1cccc([N+](=O)[O-])c1CN. The summed E-state index contributed by atoms with van der Waals surface area (Å²) in [7, 11) is 3.19. The van der Waals surface area contributed by atoms with Crippen LogP contribution in [0.1, 0.15) is 12.5 Å². The normalized spacial score (nSPS) is 10.3. The Morgan fingerprint density at radius 1 is 1.53 bits per heavy atom. The van der Waals surface area contributed by atoms with Crippen molar-refractivity contribution in [2.45, 2.75) is 18.4 Å². The van der Waals surface area contributed by atoms with Crippen LogP contribution in [0.2, 0.25) is 0 Å². The molecule has 1 aromatic rings. The zero-order valence-corrected chi connectivity index (χ0v) is 9.94. The van der Waals surface area contributed by atoms with E-state index in [4.69, 9.17) is 5.73 Å². The first-order chi connectivity index (χ1) is 7.20. The molecule has 6 heteroatoms. The Kier molecular flexibility index (Phi) is 4.93. The molecule has 0 unspecified atom stereocenters. The highest BCUT2D eigenvalue weighted by atomic mass is 33.1. The summed E-state index contributed by atoms with van der Waals surface area (Å²) in [6.45, 7) is 2.24. The molecule has 0 heterocycles. The minimum atomic E-state index is -0.386. The summed E-state index contributed by atoms with van der Waals surface area (Å²) < 4.78 is 0. The van der Waals surface area contributed by atoms with Gasteiger partial charge in [-0.1, -0.05) is 34.6 Å². The van der Waals surface area contributed by atoms with Gasteiger partial charge in [0, 0.05) is 23.3 Å². The standard InChI is InChI=1S/C9H12N2O2S2/c1-2-14-15-9-5-3-4-8(11(12)13)7(9)6-10/h3-5H,2,6,10H2,1H3. The average molecular weight is 244 g/mol. The number of hydrogen-bond acceptors (Lipinski definition) is 5. The van der Waals surface area contributed by atoms with Crippen LogP contribution in [0.4, 0.5) is 5.69 Å². The van der Waals surface area contributed by atoms with Crippen molar-refractivity contribution in [3.8, 4) is 0 Å². The molecule has 0 fully saturated rings. The van der Waals surface area contributed by atoms with Crippen LogP contribution in [0.25, 0.3) is 0 Å². The molecule has 0 spiro atoms. The predicted molar refractivity (Wildman–Crippen MR) is 65.0 cm³/mol. The Labute approximate surface area is 96.2 Å². The third kappa shape index (κ3) is 3.12. The zero-order valence-electron chi connectivity index (χ0n) is 8.30. The Balaban J connectivity index is 3.04. The van der Waals surface area contributed by atoms with Gasteiger partial charge >= 0.3 is 0 Å². The highest BCUT2D eigenvalue weighted by molar-refractivity contribution is 8.76. The van der Waals surface area contributed by atoms with E-state index in [-0.39, 0.29) is 17.2 Å². The van der Waals surface area contributed by atoms with Crippen molar-refractivity contribution in [2.24, 2.45) is 5.73 Å². The lowest BCUT2D eigenvalue weighted by Crippen LogP contribution is -2.03. The fraction of sp³-hybridized carbons (Fsp3) is 0.333. The van der Waals surface area contributed by atoms with Gasteiger partial charge in [0.25, 0.3) is 5.69 Å². The third-order valence-corrected chi connectivity index (χ3v) is 4.29. The number of hydrogen-bond donors (Lipinski definition) is 1. The molecule has 0 aliphatic heterocycles. The van der Waals surface area contributed by atoms with Gasteiger partial charge in [0.05, 0.1) is 10.5 Å². The van der Waals surface area contributed by atoms with Crippen LogP contribution in [-0.4, -0.2) is 10.7 Å². The first-order valence-electron chi connectivity index (χ1n) is 4.46. The minimum Gasteiger partial charge on any atom is -0.326 e. The largest absolute Gasteiger partial charge is 0.326 e. The summed E-state index contributed by atoms with van der Waals surface area (Å²) in [4.78, 5) is 11.2. The minimum absolute atomic E-state index is 0.110. The van der Waals surface area contributed by atoms with E-state index in [0.717, 1.165) is 10.6 Å². The lowest BCUT2D eigenvalue weighted by Gasteiger charge is -2.06. The van der Waals surface area contributed by atoms with Gasteiger partial charge in [-0.25, -0.2) is 0 Å². The van der Waals surface area contributed by atoms with Gasteiger partial charge in [-0.2, -0.15) is 0 Å². The Bertz CT molecular complexity index is 358. The van der Waals surface area contributed by atoms with Gasteiger partial charge in [0.1, 0.15) is 0 Å². The summed E-state index contributed by atoms with van der Waals surface area (Å²) in [6.07, 6.45) is 0. The zero-order chi connectivity index (χ0) is 11.3. The highest BCUT2D eigenvalue weighted by Gasteiger charge is 2.15. The molecule has 15 heavy (non-hydrogen) atoms. The third-order valence-electron chi connectivity index (χ3n) is 1.78. The Morgan fingerprint density at radius 3 is 2.80 bits per heavy atom. The average Bonchev–Trinajstić information content (AvgIpc) is 2.25. The van der Waals surface area contributed by atoms with Crippen LogP contribution >= 0.6 is 21.6 Å². The molecule has 0 bridgehead atoms. The van der Waals surface area contributed by atoms with E-state index in [2.05, 4.69) is 0 Å². The molecule has 2 N–H and O–H groups in total. The van der Waals surface area contributed by atoms with Gasteiger partial charge in [-0.05, 0) is 6.07 Å². The second kappa shape index (κ2) is 5.99. The molecule has 0 saturated heterocycles. The van der Waals surface area contributed by atoms with Crippen LogP contribution in [0.15, 0.2) is 23.1 Å². The number of nitro groups is 1. The Hall–Kier alpha value is -0.720. The fourth-order valence-electron chi connectivity index (χ4n) is 1.13. The summed E-state index contributed by atoms with van der Waals surface area (Å²) in [5, 5.41) is 10.7. The first kappa shape index (κ1) is 12.4. The van der Waals surface area contributed by atoms with Crippen molar-refractivity contribution in [1.82, 2.24) is 0 Å². The first-order valence-corrected chi connectivity index (χ1v) is 6.78. The van der Waals surface area contributed by atoms with Crippen molar-refractivity contribution in [1.29, 1.82) is 0 Å². The summed E-state index contributed by atoms with van der Waals surface area (Å²) >= 11 is 0. The van der Waals surface area contributed by atoms with Crippen LogP contribution < -0.4 is 5.73 Å². The maximum Gasteiger partial charge on any atom is 0.275 e. The predicted octanol–water partition coefficient (Wildman–Crippen LogP) is 2.81. The van der Waals surface area contributed by atoms with Gasteiger partial charge in [0.15, 0.2) is 0 Å².